The molecule has 5 rings (SSSR count). The van der Waals surface area contributed by atoms with E-state index >= 15 is 0 Å². The Labute approximate surface area is 299 Å². The molecule has 0 spiro atoms. The molecule has 1 aliphatic heterocycles. The minimum atomic E-state index is -1.27. The zero-order valence-corrected chi connectivity index (χ0v) is 29.5. The van der Waals surface area contributed by atoms with Crippen LogP contribution in [0, 0.1) is 5.41 Å². The molecule has 3 aromatic rings. The van der Waals surface area contributed by atoms with Crippen molar-refractivity contribution in [3.8, 4) is 0 Å². The number of carboxylic acids is 1. The highest BCUT2D eigenvalue weighted by Crippen LogP contribution is 2.41. The van der Waals surface area contributed by atoms with Crippen LogP contribution in [0.1, 0.15) is 81.9 Å². The van der Waals surface area contributed by atoms with E-state index < -0.39 is 23.6 Å². The summed E-state index contributed by atoms with van der Waals surface area (Å²) in [4.78, 5) is 68.9. The van der Waals surface area contributed by atoms with Gasteiger partial charge in [-0.05, 0) is 73.4 Å². The number of hydrogen-bond acceptors (Lipinski definition) is 5. The molecule has 2 atom stereocenters. The van der Waals surface area contributed by atoms with Crippen LogP contribution in [0.15, 0.2) is 90.6 Å². The number of aliphatic carboxylic acids is 1. The summed E-state index contributed by atoms with van der Waals surface area (Å²) in [5.41, 5.74) is 2.20. The van der Waals surface area contributed by atoms with Crippen LogP contribution in [0.25, 0.3) is 6.08 Å². The summed E-state index contributed by atoms with van der Waals surface area (Å²) < 4.78 is 0. The van der Waals surface area contributed by atoms with Gasteiger partial charge >= 0.3 is 5.97 Å². The molecule has 4 amide bonds. The number of rotatable bonds is 15. The maximum absolute atomic E-state index is 14.4. The molecule has 2 fully saturated rings. The number of carboxylic acid groups (broad SMARTS) is 1. The average Bonchev–Trinajstić information content (AvgIpc) is 3.71. The third-order valence-electron chi connectivity index (χ3n) is 10.0. The van der Waals surface area contributed by atoms with E-state index in [4.69, 9.17) is 0 Å². The molecule has 1 aliphatic carbocycles. The van der Waals surface area contributed by atoms with Crippen LogP contribution in [0.3, 0.4) is 0 Å². The fraction of sp³-hybridized carbons (Fsp3) is 0.390. The Kier molecular flexibility index (Phi) is 12.4. The summed E-state index contributed by atoms with van der Waals surface area (Å²) in [5, 5.41) is 15.5. The standard InChI is InChI=1S/C41H48N4O6/c1-3-12-37(47)45-35(28-31-15-8-5-9-16-31)38(48)44(36(45)22-19-30-13-6-4-7-14-30)33-20-17-32(18-21-33)27-34(39(49)50)43-40(51)41(23-10-11-24-41)25-26-42-29(2)46/h4-9,13-18,20-21,27,35-36H,3,10-12,19,22-26,28H2,1-2H3,(H,42,46)(H,43,51)(H,49,50). The van der Waals surface area contributed by atoms with Gasteiger partial charge < -0.3 is 20.6 Å². The van der Waals surface area contributed by atoms with Crippen molar-refractivity contribution in [2.24, 2.45) is 5.41 Å². The van der Waals surface area contributed by atoms with E-state index in [2.05, 4.69) is 10.6 Å². The van der Waals surface area contributed by atoms with E-state index in [9.17, 15) is 29.1 Å². The molecule has 268 valence electrons. The van der Waals surface area contributed by atoms with Gasteiger partial charge in [0.05, 0.1) is 5.41 Å². The Balaban J connectivity index is 1.42. The molecule has 3 aromatic carbocycles. The first kappa shape index (κ1) is 37.0. The van der Waals surface area contributed by atoms with E-state index in [1.165, 1.54) is 13.0 Å². The molecule has 2 aliphatic rings. The second-order valence-corrected chi connectivity index (χ2v) is 13.6. The number of aryl methyl sites for hydroxylation is 1. The highest BCUT2D eigenvalue weighted by atomic mass is 16.4. The van der Waals surface area contributed by atoms with Crippen LogP contribution in [0.4, 0.5) is 5.69 Å². The maximum Gasteiger partial charge on any atom is 0.352 e. The smallest absolute Gasteiger partial charge is 0.352 e. The van der Waals surface area contributed by atoms with Crippen LogP contribution in [-0.2, 0) is 36.8 Å². The second-order valence-electron chi connectivity index (χ2n) is 13.6. The molecule has 3 N–H and O–H groups in total. The lowest BCUT2D eigenvalue weighted by Crippen LogP contribution is -2.45. The zero-order chi connectivity index (χ0) is 36.4. The average molecular weight is 693 g/mol. The lowest BCUT2D eigenvalue weighted by molar-refractivity contribution is -0.137. The monoisotopic (exact) mass is 692 g/mol. The minimum Gasteiger partial charge on any atom is -0.477 e. The second kappa shape index (κ2) is 17.1. The lowest BCUT2D eigenvalue weighted by Gasteiger charge is -2.32. The molecule has 0 aromatic heterocycles. The number of nitrogens with zero attached hydrogens (tertiary/aromatic N) is 2. The molecular weight excluding hydrogens is 644 g/mol. The summed E-state index contributed by atoms with van der Waals surface area (Å²) in [6, 6.07) is 26.0. The largest absolute Gasteiger partial charge is 0.477 e. The Morgan fingerprint density at radius 1 is 0.902 bits per heavy atom. The minimum absolute atomic E-state index is 0.0640. The molecule has 51 heavy (non-hydrogen) atoms. The molecule has 1 heterocycles. The molecule has 1 saturated carbocycles. The first-order chi connectivity index (χ1) is 24.6. The van der Waals surface area contributed by atoms with Gasteiger partial charge in [0.25, 0.3) is 5.91 Å². The van der Waals surface area contributed by atoms with Crippen molar-refractivity contribution >= 4 is 41.4 Å². The lowest BCUT2D eigenvalue weighted by atomic mass is 9.81. The zero-order valence-electron chi connectivity index (χ0n) is 29.5. The van der Waals surface area contributed by atoms with Gasteiger partial charge in [-0.15, -0.1) is 0 Å². The number of hydrogen-bond donors (Lipinski definition) is 3. The van der Waals surface area contributed by atoms with E-state index in [1.54, 1.807) is 34.1 Å². The summed E-state index contributed by atoms with van der Waals surface area (Å²) in [7, 11) is 0. The first-order valence-electron chi connectivity index (χ1n) is 17.9. The number of amides is 4. The van der Waals surface area contributed by atoms with E-state index in [-0.39, 0.29) is 29.3 Å². The third kappa shape index (κ3) is 9.11. The van der Waals surface area contributed by atoms with Crippen molar-refractivity contribution in [3.05, 3.63) is 107 Å². The van der Waals surface area contributed by atoms with E-state index in [0.717, 1.165) is 24.0 Å². The quantitative estimate of drug-likeness (QED) is 0.171. The van der Waals surface area contributed by atoms with Gasteiger partial charge in [-0.2, -0.15) is 0 Å². The van der Waals surface area contributed by atoms with E-state index in [1.807, 2.05) is 67.6 Å². The summed E-state index contributed by atoms with van der Waals surface area (Å²) in [6.45, 7) is 3.72. The van der Waals surface area contributed by atoms with Crippen molar-refractivity contribution in [1.82, 2.24) is 15.5 Å². The number of benzene rings is 3. The number of carbonyl (C=O) groups is 5. The van der Waals surface area contributed by atoms with Crippen LogP contribution in [0.2, 0.25) is 0 Å². The van der Waals surface area contributed by atoms with Gasteiger partial charge in [-0.25, -0.2) is 4.79 Å². The highest BCUT2D eigenvalue weighted by molar-refractivity contribution is 6.04. The van der Waals surface area contributed by atoms with E-state index in [0.29, 0.717) is 69.2 Å². The molecule has 2 unspecified atom stereocenters. The SMILES string of the molecule is CCCC(=O)N1C(Cc2ccccc2)C(=O)N(c2ccc(C=C(NC(=O)C3(CCNC(C)=O)CCCC3)C(=O)O)cc2)C1CCc1ccccc1. The van der Waals surface area contributed by atoms with Crippen molar-refractivity contribution in [3.63, 3.8) is 0 Å². The Morgan fingerprint density at radius 2 is 1.53 bits per heavy atom. The Morgan fingerprint density at radius 3 is 2.12 bits per heavy atom. The first-order valence-corrected chi connectivity index (χ1v) is 17.9. The molecule has 0 radical (unpaired) electrons. The Bertz CT molecular complexity index is 1720. The molecule has 10 heteroatoms. The third-order valence-corrected chi connectivity index (χ3v) is 10.0. The van der Waals surface area contributed by atoms with Crippen LogP contribution in [-0.4, -0.2) is 58.4 Å². The predicted molar refractivity (Wildman–Crippen MR) is 196 cm³/mol. The maximum atomic E-state index is 14.4. The molecule has 0 bridgehead atoms. The predicted octanol–water partition coefficient (Wildman–Crippen LogP) is 5.86. The van der Waals surface area contributed by atoms with Crippen molar-refractivity contribution in [1.29, 1.82) is 0 Å². The topological polar surface area (TPSA) is 136 Å². The number of nitrogens with one attached hydrogen (secondary N) is 2. The van der Waals surface area contributed by atoms with Crippen molar-refractivity contribution in [2.75, 3.05) is 11.4 Å². The Hall–Kier alpha value is -5.25. The molecule has 10 nitrogen and oxygen atoms in total. The fourth-order valence-corrected chi connectivity index (χ4v) is 7.40. The summed E-state index contributed by atoms with van der Waals surface area (Å²) in [5.74, 6) is -2.04. The summed E-state index contributed by atoms with van der Waals surface area (Å²) in [6.07, 6.45) is 6.87. The van der Waals surface area contributed by atoms with Crippen molar-refractivity contribution in [2.45, 2.75) is 90.3 Å². The van der Waals surface area contributed by atoms with Gasteiger partial charge in [0.15, 0.2) is 0 Å². The van der Waals surface area contributed by atoms with Crippen LogP contribution >= 0.6 is 0 Å². The van der Waals surface area contributed by atoms with Crippen LogP contribution in [0.5, 0.6) is 0 Å². The fourth-order valence-electron chi connectivity index (χ4n) is 7.40. The van der Waals surface area contributed by atoms with Gasteiger partial charge in [0.1, 0.15) is 17.9 Å². The van der Waals surface area contributed by atoms with Gasteiger partial charge in [-0.1, -0.05) is 92.6 Å². The van der Waals surface area contributed by atoms with Crippen molar-refractivity contribution < 1.29 is 29.1 Å². The highest BCUT2D eigenvalue weighted by Gasteiger charge is 2.48. The molecule has 1 saturated heterocycles. The number of carbonyl (C=O) groups excluding carboxylic acids is 4. The van der Waals surface area contributed by atoms with Gasteiger partial charge in [-0.3, -0.25) is 24.1 Å². The number of anilines is 1. The summed E-state index contributed by atoms with van der Waals surface area (Å²) >= 11 is 0. The van der Waals surface area contributed by atoms with Gasteiger partial charge in [0.2, 0.25) is 17.7 Å². The normalized spacial score (nSPS) is 18.5. The van der Waals surface area contributed by atoms with Gasteiger partial charge in [0, 0.05) is 32.0 Å². The molecular formula is C41H48N4O6. The van der Waals surface area contributed by atoms with Crippen LogP contribution < -0.4 is 15.5 Å².